The molecule has 0 saturated carbocycles. The summed E-state index contributed by atoms with van der Waals surface area (Å²) in [5, 5.41) is 0. The Morgan fingerprint density at radius 1 is 1.50 bits per heavy atom. The van der Waals surface area contributed by atoms with Crippen molar-refractivity contribution in [3.8, 4) is 5.75 Å². The lowest BCUT2D eigenvalue weighted by Crippen LogP contribution is -1.94. The zero-order valence-corrected chi connectivity index (χ0v) is 8.38. The van der Waals surface area contributed by atoms with Gasteiger partial charge in [0.2, 0.25) is 0 Å². The Balaban J connectivity index is 2.46. The van der Waals surface area contributed by atoms with Crippen LogP contribution < -0.4 is 4.74 Å². The van der Waals surface area contributed by atoms with Crippen LogP contribution in [0, 0.1) is 0 Å². The van der Waals surface area contributed by atoms with E-state index in [0.29, 0.717) is 6.61 Å². The van der Waals surface area contributed by atoms with Crippen LogP contribution in [0.25, 0.3) is 0 Å². The molecule has 0 aliphatic heterocycles. The maximum Gasteiger partial charge on any atom is 0.120 e. The fourth-order valence-electron chi connectivity index (χ4n) is 0.817. The molecule has 0 fully saturated rings. The van der Waals surface area contributed by atoms with Crippen LogP contribution in [0.2, 0.25) is 0 Å². The van der Waals surface area contributed by atoms with E-state index < -0.39 is 0 Å². The van der Waals surface area contributed by atoms with Crippen molar-refractivity contribution >= 4 is 15.9 Å². The molecular weight excluding hydrogens is 216 g/mol. The number of benzene rings is 1. The topological polar surface area (TPSA) is 9.23 Å². The first-order valence-corrected chi connectivity index (χ1v) is 4.61. The lowest BCUT2D eigenvalue weighted by atomic mass is 10.3. The average Bonchev–Trinajstić information content (AvgIpc) is 2.05. The van der Waals surface area contributed by atoms with Gasteiger partial charge in [-0.05, 0) is 24.6 Å². The largest absolute Gasteiger partial charge is 0.493 e. The number of hydrogen-bond donors (Lipinski definition) is 0. The molecule has 2 heteroatoms. The lowest BCUT2D eigenvalue weighted by Gasteiger charge is -2.03. The van der Waals surface area contributed by atoms with E-state index in [-0.39, 0.29) is 0 Å². The highest BCUT2D eigenvalue weighted by Crippen LogP contribution is 2.17. The van der Waals surface area contributed by atoms with E-state index in [1.54, 1.807) is 0 Å². The monoisotopic (exact) mass is 226 g/mol. The second-order valence-electron chi connectivity index (χ2n) is 2.38. The summed E-state index contributed by atoms with van der Waals surface area (Å²) >= 11 is 3.37. The lowest BCUT2D eigenvalue weighted by molar-refractivity contribution is 0.325. The van der Waals surface area contributed by atoms with Crippen molar-refractivity contribution in [2.24, 2.45) is 0 Å². The molecular formula is C10H11BrO. The van der Waals surface area contributed by atoms with Gasteiger partial charge in [-0.25, -0.2) is 0 Å². The molecule has 0 N–H and O–H groups in total. The standard InChI is InChI=1S/C10H11BrO/c1-2-3-7-12-10-6-4-5-9(11)8-10/h2,4-6,8H,1,3,7H2. The van der Waals surface area contributed by atoms with Gasteiger partial charge in [0.1, 0.15) is 5.75 Å². The molecule has 12 heavy (non-hydrogen) atoms. The molecule has 0 aromatic heterocycles. The van der Waals surface area contributed by atoms with Gasteiger partial charge in [0.25, 0.3) is 0 Å². The minimum atomic E-state index is 0.694. The molecule has 0 spiro atoms. The second kappa shape index (κ2) is 4.99. The maximum absolute atomic E-state index is 5.43. The Kier molecular flexibility index (Phi) is 3.88. The Morgan fingerprint density at radius 2 is 2.33 bits per heavy atom. The third-order valence-electron chi connectivity index (χ3n) is 1.39. The summed E-state index contributed by atoms with van der Waals surface area (Å²) in [7, 11) is 0. The van der Waals surface area contributed by atoms with E-state index in [4.69, 9.17) is 4.74 Å². The third-order valence-corrected chi connectivity index (χ3v) is 1.88. The van der Waals surface area contributed by atoms with Gasteiger partial charge in [-0.1, -0.05) is 28.1 Å². The number of rotatable bonds is 4. The van der Waals surface area contributed by atoms with Gasteiger partial charge in [0, 0.05) is 4.47 Å². The van der Waals surface area contributed by atoms with E-state index in [1.165, 1.54) is 0 Å². The van der Waals surface area contributed by atoms with Crippen LogP contribution in [0.3, 0.4) is 0 Å². The second-order valence-corrected chi connectivity index (χ2v) is 3.30. The van der Waals surface area contributed by atoms with Crippen LogP contribution in [0.15, 0.2) is 41.4 Å². The summed E-state index contributed by atoms with van der Waals surface area (Å²) in [6.45, 7) is 4.31. The SMILES string of the molecule is C=CCCOc1cccc(Br)c1. The first-order chi connectivity index (χ1) is 5.83. The highest BCUT2D eigenvalue weighted by molar-refractivity contribution is 9.10. The number of halogens is 1. The molecule has 1 rings (SSSR count). The normalized spacial score (nSPS) is 9.42. The van der Waals surface area contributed by atoms with Crippen molar-refractivity contribution in [1.29, 1.82) is 0 Å². The van der Waals surface area contributed by atoms with E-state index in [1.807, 2.05) is 30.3 Å². The molecule has 0 aliphatic rings. The fraction of sp³-hybridized carbons (Fsp3) is 0.200. The van der Waals surface area contributed by atoms with Gasteiger partial charge in [0.05, 0.1) is 6.61 Å². The van der Waals surface area contributed by atoms with Gasteiger partial charge in [-0.15, -0.1) is 6.58 Å². The van der Waals surface area contributed by atoms with Gasteiger partial charge < -0.3 is 4.74 Å². The molecule has 0 bridgehead atoms. The summed E-state index contributed by atoms with van der Waals surface area (Å²) < 4.78 is 6.47. The minimum Gasteiger partial charge on any atom is -0.493 e. The van der Waals surface area contributed by atoms with Crippen molar-refractivity contribution in [2.45, 2.75) is 6.42 Å². The van der Waals surface area contributed by atoms with E-state index >= 15 is 0 Å². The molecule has 1 nitrogen and oxygen atoms in total. The molecule has 0 saturated heterocycles. The van der Waals surface area contributed by atoms with Gasteiger partial charge in [-0.2, -0.15) is 0 Å². The number of ether oxygens (including phenoxy) is 1. The zero-order valence-electron chi connectivity index (χ0n) is 6.79. The zero-order chi connectivity index (χ0) is 8.81. The quantitative estimate of drug-likeness (QED) is 0.565. The van der Waals surface area contributed by atoms with Gasteiger partial charge in [0.15, 0.2) is 0 Å². The third kappa shape index (κ3) is 3.09. The molecule has 1 aromatic rings. The molecule has 0 radical (unpaired) electrons. The van der Waals surface area contributed by atoms with Crippen molar-refractivity contribution < 1.29 is 4.74 Å². The smallest absolute Gasteiger partial charge is 0.120 e. The Bertz CT molecular complexity index is 258. The first kappa shape index (κ1) is 9.33. The molecule has 0 amide bonds. The van der Waals surface area contributed by atoms with E-state index in [0.717, 1.165) is 16.6 Å². The predicted molar refractivity (Wildman–Crippen MR) is 54.5 cm³/mol. The molecule has 1 aromatic carbocycles. The Labute approximate surface area is 81.2 Å². The summed E-state index contributed by atoms with van der Waals surface area (Å²) in [6.07, 6.45) is 2.73. The van der Waals surface area contributed by atoms with E-state index in [9.17, 15) is 0 Å². The van der Waals surface area contributed by atoms with Crippen LogP contribution in [0.1, 0.15) is 6.42 Å². The minimum absolute atomic E-state index is 0.694. The number of hydrogen-bond acceptors (Lipinski definition) is 1. The molecule has 0 aliphatic carbocycles. The van der Waals surface area contributed by atoms with Gasteiger partial charge >= 0.3 is 0 Å². The fourth-order valence-corrected chi connectivity index (χ4v) is 1.20. The van der Waals surface area contributed by atoms with Crippen LogP contribution in [-0.4, -0.2) is 6.61 Å². The highest BCUT2D eigenvalue weighted by atomic mass is 79.9. The predicted octanol–water partition coefficient (Wildman–Crippen LogP) is 3.40. The molecule has 0 unspecified atom stereocenters. The van der Waals surface area contributed by atoms with Crippen molar-refractivity contribution in [2.75, 3.05) is 6.61 Å². The van der Waals surface area contributed by atoms with Crippen LogP contribution in [0.4, 0.5) is 0 Å². The first-order valence-electron chi connectivity index (χ1n) is 3.82. The summed E-state index contributed by atoms with van der Waals surface area (Å²) in [5.74, 6) is 0.895. The highest BCUT2D eigenvalue weighted by Gasteiger charge is 1.92. The Morgan fingerprint density at radius 3 is 3.00 bits per heavy atom. The average molecular weight is 227 g/mol. The van der Waals surface area contributed by atoms with Crippen LogP contribution in [-0.2, 0) is 0 Å². The van der Waals surface area contributed by atoms with Crippen molar-refractivity contribution in [3.63, 3.8) is 0 Å². The van der Waals surface area contributed by atoms with Crippen LogP contribution in [0.5, 0.6) is 5.75 Å². The summed E-state index contributed by atoms with van der Waals surface area (Å²) in [6, 6.07) is 7.81. The van der Waals surface area contributed by atoms with Gasteiger partial charge in [-0.3, -0.25) is 0 Å². The summed E-state index contributed by atoms with van der Waals surface area (Å²) in [4.78, 5) is 0. The molecule has 64 valence electrons. The van der Waals surface area contributed by atoms with Crippen molar-refractivity contribution in [3.05, 3.63) is 41.4 Å². The van der Waals surface area contributed by atoms with E-state index in [2.05, 4.69) is 22.5 Å². The van der Waals surface area contributed by atoms with Crippen molar-refractivity contribution in [1.82, 2.24) is 0 Å². The summed E-state index contributed by atoms with van der Waals surface area (Å²) in [5.41, 5.74) is 0. The maximum atomic E-state index is 5.43. The molecule has 0 heterocycles. The Hall–Kier alpha value is -0.760. The molecule has 0 atom stereocenters. The van der Waals surface area contributed by atoms with Crippen LogP contribution >= 0.6 is 15.9 Å².